The summed E-state index contributed by atoms with van der Waals surface area (Å²) in [5, 5.41) is 0. The zero-order valence-electron chi connectivity index (χ0n) is 17.3. The van der Waals surface area contributed by atoms with Crippen LogP contribution in [0.15, 0.2) is 48.5 Å². The summed E-state index contributed by atoms with van der Waals surface area (Å²) in [5.41, 5.74) is 1.30. The van der Waals surface area contributed by atoms with Gasteiger partial charge in [-0.2, -0.15) is 0 Å². The van der Waals surface area contributed by atoms with Crippen molar-refractivity contribution in [3.8, 4) is 5.75 Å². The molecule has 0 spiro atoms. The Balaban J connectivity index is 1.71. The van der Waals surface area contributed by atoms with Crippen LogP contribution in [0.5, 0.6) is 5.75 Å². The molecule has 0 radical (unpaired) electrons. The number of hydrogen-bond donors (Lipinski definition) is 0. The van der Waals surface area contributed by atoms with Gasteiger partial charge in [-0.15, -0.1) is 0 Å². The van der Waals surface area contributed by atoms with E-state index in [1.807, 2.05) is 0 Å². The van der Waals surface area contributed by atoms with Crippen molar-refractivity contribution in [1.82, 2.24) is 4.90 Å². The summed E-state index contributed by atoms with van der Waals surface area (Å²) in [6, 6.07) is 11.9. The van der Waals surface area contributed by atoms with Crippen molar-refractivity contribution in [2.24, 2.45) is 0 Å². The quantitative estimate of drug-likeness (QED) is 0.697. The van der Waals surface area contributed by atoms with Gasteiger partial charge in [0.15, 0.2) is 0 Å². The summed E-state index contributed by atoms with van der Waals surface area (Å²) >= 11 is 0. The maximum atomic E-state index is 13.1. The van der Waals surface area contributed by atoms with Crippen LogP contribution in [0.25, 0.3) is 0 Å². The molecule has 2 aromatic rings. The predicted octanol–water partition coefficient (Wildman–Crippen LogP) is 2.34. The summed E-state index contributed by atoms with van der Waals surface area (Å²) in [4.78, 5) is 16.8. The molecule has 1 fully saturated rings. The van der Waals surface area contributed by atoms with E-state index in [1.165, 1.54) is 19.2 Å². The number of hydrogen-bond acceptors (Lipinski definition) is 5. The number of amides is 1. The second-order valence-corrected chi connectivity index (χ2v) is 9.08. The number of piperazine rings is 1. The number of sulfonamides is 1. The van der Waals surface area contributed by atoms with E-state index < -0.39 is 16.1 Å². The number of methoxy groups -OCH3 is 1. The highest BCUT2D eigenvalue weighted by Gasteiger charge is 2.33. The van der Waals surface area contributed by atoms with Crippen molar-refractivity contribution in [2.45, 2.75) is 13.0 Å². The molecule has 7 nitrogen and oxygen atoms in total. The largest absolute Gasteiger partial charge is 0.497 e. The normalized spacial score (nSPS) is 15.6. The monoisotopic (exact) mass is 435 g/mol. The number of ether oxygens (including phenoxy) is 1. The van der Waals surface area contributed by atoms with Crippen molar-refractivity contribution in [3.05, 3.63) is 54.3 Å². The topological polar surface area (TPSA) is 70.2 Å². The van der Waals surface area contributed by atoms with E-state index in [1.54, 1.807) is 48.2 Å². The Morgan fingerprint density at radius 1 is 1.03 bits per heavy atom. The third-order valence-corrected chi connectivity index (χ3v) is 6.42. The molecule has 0 aliphatic carbocycles. The molecule has 3 rings (SSSR count). The summed E-state index contributed by atoms with van der Waals surface area (Å²) in [5.74, 6) is 0.0545. The fourth-order valence-electron chi connectivity index (χ4n) is 3.63. The molecule has 0 bridgehead atoms. The first kappa shape index (κ1) is 21.9. The minimum atomic E-state index is -3.68. The number of anilines is 2. The van der Waals surface area contributed by atoms with Crippen LogP contribution in [-0.4, -0.2) is 64.8 Å². The fraction of sp³-hybridized carbons (Fsp3) is 0.381. The lowest BCUT2D eigenvalue weighted by Gasteiger charge is -2.39. The summed E-state index contributed by atoms with van der Waals surface area (Å²) < 4.78 is 44.3. The van der Waals surface area contributed by atoms with Gasteiger partial charge in [0.1, 0.15) is 17.6 Å². The van der Waals surface area contributed by atoms with Gasteiger partial charge < -0.3 is 14.5 Å². The number of nitrogens with zero attached hydrogens (tertiary/aromatic N) is 3. The molecule has 1 aliphatic rings. The first-order chi connectivity index (χ1) is 14.2. The van der Waals surface area contributed by atoms with Crippen molar-refractivity contribution >= 4 is 27.3 Å². The molecule has 0 N–H and O–H groups in total. The average molecular weight is 436 g/mol. The highest BCUT2D eigenvalue weighted by Crippen LogP contribution is 2.25. The maximum absolute atomic E-state index is 13.1. The first-order valence-corrected chi connectivity index (χ1v) is 11.5. The average Bonchev–Trinajstić information content (AvgIpc) is 2.73. The third-order valence-electron chi connectivity index (χ3n) is 5.18. The molecular formula is C21H26FN3O4S. The highest BCUT2D eigenvalue weighted by atomic mass is 32.2. The lowest BCUT2D eigenvalue weighted by Crippen LogP contribution is -2.55. The summed E-state index contributed by atoms with van der Waals surface area (Å²) in [6.45, 7) is 3.69. The Morgan fingerprint density at radius 3 is 2.10 bits per heavy atom. The zero-order valence-corrected chi connectivity index (χ0v) is 18.1. The summed E-state index contributed by atoms with van der Waals surface area (Å²) in [6.07, 6.45) is 1.09. The smallest absolute Gasteiger partial charge is 0.246 e. The molecule has 1 heterocycles. The number of carbonyl (C=O) groups is 1. The number of halogens is 1. The molecule has 1 aliphatic heterocycles. The molecule has 0 aromatic heterocycles. The number of carbonyl (C=O) groups excluding carboxylic acids is 1. The van der Waals surface area contributed by atoms with Crippen LogP contribution in [0.3, 0.4) is 0 Å². The Bertz CT molecular complexity index is 972. The van der Waals surface area contributed by atoms with Gasteiger partial charge in [-0.25, -0.2) is 12.8 Å². The standard InChI is InChI=1S/C21H26FN3O4S/c1-16(25(30(3,27)28)19-8-10-20(29-2)11-9-19)21(26)24-14-12-23(13-15-24)18-6-4-17(22)5-7-18/h4-11,16H,12-15H2,1-3H3/t16-/m0/s1. The van der Waals surface area contributed by atoms with Crippen LogP contribution in [0.1, 0.15) is 6.92 Å². The van der Waals surface area contributed by atoms with E-state index in [0.717, 1.165) is 16.2 Å². The van der Waals surface area contributed by atoms with Gasteiger partial charge in [-0.1, -0.05) is 0 Å². The van der Waals surface area contributed by atoms with Crippen LogP contribution < -0.4 is 13.9 Å². The van der Waals surface area contributed by atoms with E-state index >= 15 is 0 Å². The van der Waals surface area contributed by atoms with E-state index in [0.29, 0.717) is 37.6 Å². The van der Waals surface area contributed by atoms with Gasteiger partial charge in [-0.3, -0.25) is 9.10 Å². The molecule has 162 valence electrons. The Kier molecular flexibility index (Phi) is 6.50. The van der Waals surface area contributed by atoms with Gasteiger partial charge in [0.05, 0.1) is 19.1 Å². The minimum absolute atomic E-state index is 0.255. The van der Waals surface area contributed by atoms with Crippen molar-refractivity contribution in [2.75, 3.05) is 48.7 Å². The molecule has 1 atom stereocenters. The SMILES string of the molecule is COc1ccc(N([C@@H](C)C(=O)N2CCN(c3ccc(F)cc3)CC2)S(C)(=O)=O)cc1. The number of rotatable bonds is 6. The van der Waals surface area contributed by atoms with Crippen LogP contribution in [0, 0.1) is 5.82 Å². The lowest BCUT2D eigenvalue weighted by molar-refractivity contribution is -0.132. The lowest BCUT2D eigenvalue weighted by atomic mass is 10.2. The Morgan fingerprint density at radius 2 is 1.60 bits per heavy atom. The van der Waals surface area contributed by atoms with Crippen molar-refractivity contribution < 1.29 is 22.3 Å². The molecule has 0 saturated carbocycles. The van der Waals surface area contributed by atoms with Gasteiger partial charge in [0.2, 0.25) is 15.9 Å². The van der Waals surface area contributed by atoms with E-state index in [4.69, 9.17) is 4.74 Å². The molecule has 9 heteroatoms. The van der Waals surface area contributed by atoms with E-state index in [-0.39, 0.29) is 11.7 Å². The summed E-state index contributed by atoms with van der Waals surface area (Å²) in [7, 11) is -2.15. The van der Waals surface area contributed by atoms with Gasteiger partial charge >= 0.3 is 0 Å². The Hall–Kier alpha value is -2.81. The predicted molar refractivity (Wildman–Crippen MR) is 115 cm³/mol. The van der Waals surface area contributed by atoms with Gasteiger partial charge in [-0.05, 0) is 55.5 Å². The zero-order chi connectivity index (χ0) is 21.9. The molecular weight excluding hydrogens is 409 g/mol. The van der Waals surface area contributed by atoms with Crippen LogP contribution in [0.2, 0.25) is 0 Å². The van der Waals surface area contributed by atoms with E-state index in [9.17, 15) is 17.6 Å². The number of benzene rings is 2. The van der Waals surface area contributed by atoms with Crippen molar-refractivity contribution in [1.29, 1.82) is 0 Å². The molecule has 2 aromatic carbocycles. The van der Waals surface area contributed by atoms with Gasteiger partial charge in [0, 0.05) is 31.9 Å². The molecule has 30 heavy (non-hydrogen) atoms. The minimum Gasteiger partial charge on any atom is -0.497 e. The van der Waals surface area contributed by atoms with Gasteiger partial charge in [0.25, 0.3) is 0 Å². The third kappa shape index (κ3) is 4.84. The molecule has 1 amide bonds. The molecule has 1 saturated heterocycles. The maximum Gasteiger partial charge on any atom is 0.246 e. The molecule has 0 unspecified atom stereocenters. The highest BCUT2D eigenvalue weighted by molar-refractivity contribution is 7.92. The van der Waals surface area contributed by atoms with Crippen LogP contribution in [-0.2, 0) is 14.8 Å². The van der Waals surface area contributed by atoms with Crippen molar-refractivity contribution in [3.63, 3.8) is 0 Å². The van der Waals surface area contributed by atoms with Crippen LogP contribution >= 0.6 is 0 Å². The first-order valence-electron chi connectivity index (χ1n) is 9.63. The van der Waals surface area contributed by atoms with E-state index in [2.05, 4.69) is 4.90 Å². The second-order valence-electron chi connectivity index (χ2n) is 7.22. The Labute approximate surface area is 176 Å². The van der Waals surface area contributed by atoms with Crippen LogP contribution in [0.4, 0.5) is 15.8 Å². The second kappa shape index (κ2) is 8.91. The fourth-order valence-corrected chi connectivity index (χ4v) is 4.80.